The molecule has 0 atom stereocenters. The van der Waals surface area contributed by atoms with Crippen molar-refractivity contribution >= 4 is 0 Å². The summed E-state index contributed by atoms with van der Waals surface area (Å²) < 4.78 is 10.7. The van der Waals surface area contributed by atoms with E-state index in [0.29, 0.717) is 18.4 Å². The highest BCUT2D eigenvalue weighted by Gasteiger charge is 2.27. The molecule has 1 aromatic heterocycles. The molecule has 100 valence electrons. The SMILES string of the molecule is COc1cc(OCC2(N)CCCCCC2)ncn1. The van der Waals surface area contributed by atoms with Gasteiger partial charge in [0.2, 0.25) is 11.8 Å². The topological polar surface area (TPSA) is 70.3 Å². The number of hydrogen-bond donors (Lipinski definition) is 1. The Kier molecular flexibility index (Phi) is 4.36. The molecule has 1 aliphatic carbocycles. The Hall–Kier alpha value is -1.36. The number of nitrogens with zero attached hydrogens (tertiary/aromatic N) is 2. The molecule has 1 heterocycles. The molecule has 0 bridgehead atoms. The molecule has 0 radical (unpaired) electrons. The van der Waals surface area contributed by atoms with Crippen LogP contribution in [0.25, 0.3) is 0 Å². The summed E-state index contributed by atoms with van der Waals surface area (Å²) in [5, 5.41) is 0. The van der Waals surface area contributed by atoms with E-state index in [1.807, 2.05) is 0 Å². The Balaban J connectivity index is 1.92. The highest BCUT2D eigenvalue weighted by molar-refractivity contribution is 5.18. The zero-order valence-corrected chi connectivity index (χ0v) is 10.9. The lowest BCUT2D eigenvalue weighted by Crippen LogP contribution is -2.45. The molecule has 2 N–H and O–H groups in total. The largest absolute Gasteiger partial charge is 0.481 e. The summed E-state index contributed by atoms with van der Waals surface area (Å²) in [5.74, 6) is 1.03. The number of hydrogen-bond acceptors (Lipinski definition) is 5. The molecule has 1 aromatic rings. The van der Waals surface area contributed by atoms with Crippen molar-refractivity contribution in [3.05, 3.63) is 12.4 Å². The molecular weight excluding hydrogens is 230 g/mol. The maximum absolute atomic E-state index is 6.38. The third kappa shape index (κ3) is 3.57. The average Bonchev–Trinajstić information content (AvgIpc) is 2.62. The van der Waals surface area contributed by atoms with Crippen LogP contribution in [0.4, 0.5) is 0 Å². The van der Waals surface area contributed by atoms with Crippen LogP contribution >= 0.6 is 0 Å². The van der Waals surface area contributed by atoms with Gasteiger partial charge in [-0.25, -0.2) is 9.97 Å². The molecule has 0 amide bonds. The van der Waals surface area contributed by atoms with Crippen molar-refractivity contribution in [1.29, 1.82) is 0 Å². The van der Waals surface area contributed by atoms with Gasteiger partial charge in [0.25, 0.3) is 0 Å². The van der Waals surface area contributed by atoms with Gasteiger partial charge in [0, 0.05) is 0 Å². The molecule has 1 fully saturated rings. The first-order valence-electron chi connectivity index (χ1n) is 6.50. The summed E-state index contributed by atoms with van der Waals surface area (Å²) >= 11 is 0. The molecule has 5 heteroatoms. The van der Waals surface area contributed by atoms with Crippen molar-refractivity contribution in [1.82, 2.24) is 9.97 Å². The van der Waals surface area contributed by atoms with Gasteiger partial charge in [-0.05, 0) is 12.8 Å². The summed E-state index contributed by atoms with van der Waals surface area (Å²) in [6, 6.07) is 1.68. The number of rotatable bonds is 4. The van der Waals surface area contributed by atoms with Crippen LogP contribution in [0.1, 0.15) is 38.5 Å². The van der Waals surface area contributed by atoms with Crippen LogP contribution in [0.5, 0.6) is 11.8 Å². The van der Waals surface area contributed by atoms with E-state index in [-0.39, 0.29) is 5.54 Å². The molecular formula is C13H21N3O2. The zero-order valence-electron chi connectivity index (χ0n) is 10.9. The van der Waals surface area contributed by atoms with Crippen LogP contribution in [-0.2, 0) is 0 Å². The number of methoxy groups -OCH3 is 1. The van der Waals surface area contributed by atoms with Crippen molar-refractivity contribution in [3.8, 4) is 11.8 Å². The van der Waals surface area contributed by atoms with E-state index in [0.717, 1.165) is 12.8 Å². The van der Waals surface area contributed by atoms with Gasteiger partial charge in [-0.1, -0.05) is 25.7 Å². The first kappa shape index (κ1) is 13.1. The minimum absolute atomic E-state index is 0.214. The summed E-state index contributed by atoms with van der Waals surface area (Å²) in [6.45, 7) is 0.507. The van der Waals surface area contributed by atoms with E-state index >= 15 is 0 Å². The molecule has 1 saturated carbocycles. The van der Waals surface area contributed by atoms with Crippen LogP contribution in [0.2, 0.25) is 0 Å². The number of nitrogens with two attached hydrogens (primary N) is 1. The second-order valence-corrected chi connectivity index (χ2v) is 4.96. The fraction of sp³-hybridized carbons (Fsp3) is 0.692. The van der Waals surface area contributed by atoms with E-state index in [9.17, 15) is 0 Å². The molecule has 0 saturated heterocycles. The lowest BCUT2D eigenvalue weighted by Gasteiger charge is -2.27. The van der Waals surface area contributed by atoms with Crippen LogP contribution in [-0.4, -0.2) is 29.2 Å². The molecule has 18 heavy (non-hydrogen) atoms. The summed E-state index contributed by atoms with van der Waals surface area (Å²) in [7, 11) is 1.57. The predicted octanol–water partition coefficient (Wildman–Crippen LogP) is 1.92. The Bertz CT molecular complexity index is 376. The average molecular weight is 251 g/mol. The van der Waals surface area contributed by atoms with Crippen molar-refractivity contribution in [2.75, 3.05) is 13.7 Å². The van der Waals surface area contributed by atoms with Gasteiger partial charge < -0.3 is 15.2 Å². The molecule has 0 aliphatic heterocycles. The Morgan fingerprint density at radius 1 is 1.17 bits per heavy atom. The number of aromatic nitrogens is 2. The van der Waals surface area contributed by atoms with Gasteiger partial charge in [0.05, 0.1) is 18.7 Å². The standard InChI is InChI=1S/C13H21N3O2/c1-17-11-8-12(16-10-15-11)18-9-13(14)6-4-2-3-5-7-13/h8,10H,2-7,9,14H2,1H3. The van der Waals surface area contributed by atoms with Crippen LogP contribution in [0.3, 0.4) is 0 Å². The van der Waals surface area contributed by atoms with Gasteiger partial charge in [0.1, 0.15) is 12.9 Å². The normalized spacial score (nSPS) is 19.0. The van der Waals surface area contributed by atoms with Gasteiger partial charge >= 0.3 is 0 Å². The maximum atomic E-state index is 6.38. The van der Waals surface area contributed by atoms with Crippen LogP contribution < -0.4 is 15.2 Å². The van der Waals surface area contributed by atoms with Crippen molar-refractivity contribution in [3.63, 3.8) is 0 Å². The molecule has 0 aromatic carbocycles. The minimum atomic E-state index is -0.214. The van der Waals surface area contributed by atoms with E-state index in [1.165, 1.54) is 32.0 Å². The maximum Gasteiger partial charge on any atom is 0.220 e. The Labute approximate surface area is 108 Å². The fourth-order valence-electron chi connectivity index (χ4n) is 2.31. The first-order chi connectivity index (χ1) is 8.72. The van der Waals surface area contributed by atoms with Crippen LogP contribution in [0, 0.1) is 0 Å². The second kappa shape index (κ2) is 6.00. The monoisotopic (exact) mass is 251 g/mol. The van der Waals surface area contributed by atoms with Crippen LogP contribution in [0.15, 0.2) is 12.4 Å². The van der Waals surface area contributed by atoms with Gasteiger partial charge in [-0.2, -0.15) is 0 Å². The highest BCUT2D eigenvalue weighted by atomic mass is 16.5. The quantitative estimate of drug-likeness (QED) is 0.828. The van der Waals surface area contributed by atoms with Gasteiger partial charge in [-0.15, -0.1) is 0 Å². The predicted molar refractivity (Wildman–Crippen MR) is 68.7 cm³/mol. The zero-order chi connectivity index (χ0) is 12.8. The smallest absolute Gasteiger partial charge is 0.220 e. The lowest BCUT2D eigenvalue weighted by atomic mass is 9.93. The van der Waals surface area contributed by atoms with E-state index in [4.69, 9.17) is 15.2 Å². The van der Waals surface area contributed by atoms with Gasteiger partial charge in [0.15, 0.2) is 0 Å². The third-order valence-electron chi connectivity index (χ3n) is 3.43. The Morgan fingerprint density at radius 2 is 1.83 bits per heavy atom. The van der Waals surface area contributed by atoms with Crippen molar-refractivity contribution < 1.29 is 9.47 Å². The first-order valence-corrected chi connectivity index (χ1v) is 6.50. The molecule has 5 nitrogen and oxygen atoms in total. The lowest BCUT2D eigenvalue weighted by molar-refractivity contribution is 0.192. The van der Waals surface area contributed by atoms with E-state index < -0.39 is 0 Å². The summed E-state index contributed by atoms with van der Waals surface area (Å²) in [4.78, 5) is 8.00. The number of ether oxygens (including phenoxy) is 2. The van der Waals surface area contributed by atoms with E-state index in [1.54, 1.807) is 13.2 Å². The molecule has 0 unspecified atom stereocenters. The highest BCUT2D eigenvalue weighted by Crippen LogP contribution is 2.25. The fourth-order valence-corrected chi connectivity index (χ4v) is 2.31. The summed E-state index contributed by atoms with van der Waals surface area (Å²) in [6.07, 6.45) is 8.41. The molecule has 0 spiro atoms. The van der Waals surface area contributed by atoms with Gasteiger partial charge in [-0.3, -0.25) is 0 Å². The minimum Gasteiger partial charge on any atom is -0.481 e. The summed E-state index contributed by atoms with van der Waals surface area (Å²) in [5.41, 5.74) is 6.16. The van der Waals surface area contributed by atoms with Crippen molar-refractivity contribution in [2.24, 2.45) is 5.73 Å². The molecule has 1 aliphatic rings. The molecule has 2 rings (SSSR count). The van der Waals surface area contributed by atoms with Crippen molar-refractivity contribution in [2.45, 2.75) is 44.1 Å². The Morgan fingerprint density at radius 3 is 2.50 bits per heavy atom. The third-order valence-corrected chi connectivity index (χ3v) is 3.43. The second-order valence-electron chi connectivity index (χ2n) is 4.96. The van der Waals surface area contributed by atoms with E-state index in [2.05, 4.69) is 9.97 Å².